The van der Waals surface area contributed by atoms with Gasteiger partial charge in [-0.25, -0.2) is 0 Å². The number of hydrogen-bond acceptors (Lipinski definition) is 4. The van der Waals surface area contributed by atoms with E-state index in [1.165, 1.54) is 24.3 Å². The summed E-state index contributed by atoms with van der Waals surface area (Å²) in [6, 6.07) is 0.107. The average Bonchev–Trinajstić information content (AvgIpc) is 2.38. The van der Waals surface area contributed by atoms with Crippen LogP contribution in [0.4, 0.5) is 0 Å². The molecule has 3 atom stereocenters. The molecule has 3 unspecified atom stereocenters. The van der Waals surface area contributed by atoms with Crippen molar-refractivity contribution >= 4 is 11.8 Å². The minimum absolute atomic E-state index is 0.0854. The Bertz CT molecular complexity index is 305. The lowest BCUT2D eigenvalue weighted by Gasteiger charge is -2.47. The second kappa shape index (κ2) is 6.55. The topological polar surface area (TPSA) is 44.5 Å². The van der Waals surface area contributed by atoms with E-state index < -0.39 is 0 Å². The molecular weight excluding hydrogens is 270 g/mol. The van der Waals surface area contributed by atoms with E-state index in [0.717, 1.165) is 19.4 Å². The van der Waals surface area contributed by atoms with Gasteiger partial charge < -0.3 is 15.2 Å². The van der Waals surface area contributed by atoms with Crippen LogP contribution in [0.2, 0.25) is 0 Å². The molecule has 0 aliphatic carbocycles. The highest BCUT2D eigenvalue weighted by atomic mass is 32.2. The first-order valence-corrected chi connectivity index (χ1v) is 9.03. The minimum Gasteiger partial charge on any atom is -0.379 e. The van der Waals surface area contributed by atoms with Gasteiger partial charge in [0.1, 0.15) is 0 Å². The Morgan fingerprint density at radius 1 is 1.30 bits per heavy atom. The lowest BCUT2D eigenvalue weighted by molar-refractivity contribution is -0.118. The lowest BCUT2D eigenvalue weighted by atomic mass is 9.73. The van der Waals surface area contributed by atoms with Crippen LogP contribution in [0.5, 0.6) is 0 Å². The van der Waals surface area contributed by atoms with Crippen molar-refractivity contribution in [2.45, 2.75) is 64.2 Å². The van der Waals surface area contributed by atoms with Gasteiger partial charge >= 0.3 is 0 Å². The predicted molar refractivity (Wildman–Crippen MR) is 86.2 cm³/mol. The Balaban J connectivity index is 2.04. The minimum atomic E-state index is 0.0854. The van der Waals surface area contributed by atoms with Gasteiger partial charge in [0.05, 0.1) is 11.7 Å². The summed E-state index contributed by atoms with van der Waals surface area (Å²) in [5.74, 6) is 2.99. The summed E-state index contributed by atoms with van der Waals surface area (Å²) in [6.07, 6.45) is 4.68. The van der Waals surface area contributed by atoms with Gasteiger partial charge in [-0.15, -0.1) is 0 Å². The molecule has 2 aliphatic rings. The fourth-order valence-corrected chi connectivity index (χ4v) is 5.06. The maximum absolute atomic E-state index is 6.59. The van der Waals surface area contributed by atoms with Crippen LogP contribution in [0.3, 0.4) is 0 Å². The zero-order valence-corrected chi connectivity index (χ0v) is 14.3. The molecule has 2 N–H and O–H groups in total. The highest BCUT2D eigenvalue weighted by molar-refractivity contribution is 7.99. The zero-order chi connectivity index (χ0) is 14.8. The quantitative estimate of drug-likeness (QED) is 0.870. The van der Waals surface area contributed by atoms with E-state index in [1.54, 1.807) is 7.11 Å². The van der Waals surface area contributed by atoms with Crippen LogP contribution >= 0.6 is 11.8 Å². The molecule has 2 saturated heterocycles. The molecule has 0 aromatic heterocycles. The molecule has 2 fully saturated rings. The van der Waals surface area contributed by atoms with E-state index >= 15 is 0 Å². The first-order valence-electron chi connectivity index (χ1n) is 7.88. The van der Waals surface area contributed by atoms with E-state index in [2.05, 4.69) is 32.5 Å². The Morgan fingerprint density at radius 2 is 1.95 bits per heavy atom. The SMILES string of the molecule is COC(C(N)C1CCOC2(CCSCC2)C1)C(C)(C)C. The Hall–Kier alpha value is 0.230. The molecule has 0 radical (unpaired) electrons. The molecule has 0 amide bonds. The van der Waals surface area contributed by atoms with Crippen LogP contribution in [0.25, 0.3) is 0 Å². The summed E-state index contributed by atoms with van der Waals surface area (Å²) in [4.78, 5) is 0. The molecule has 2 aliphatic heterocycles. The second-order valence-corrected chi connectivity index (χ2v) is 8.72. The summed E-state index contributed by atoms with van der Waals surface area (Å²) in [5, 5.41) is 0. The van der Waals surface area contributed by atoms with Crippen molar-refractivity contribution in [2.75, 3.05) is 25.2 Å². The van der Waals surface area contributed by atoms with Crippen molar-refractivity contribution in [1.82, 2.24) is 0 Å². The number of thioether (sulfide) groups is 1. The third-order valence-electron chi connectivity index (χ3n) is 4.94. The van der Waals surface area contributed by atoms with E-state index in [9.17, 15) is 0 Å². The first-order chi connectivity index (χ1) is 9.38. The molecule has 118 valence electrons. The highest BCUT2D eigenvalue weighted by Crippen LogP contribution is 2.42. The van der Waals surface area contributed by atoms with Crippen LogP contribution in [-0.4, -0.2) is 43.0 Å². The molecule has 2 rings (SSSR count). The number of nitrogens with two attached hydrogens (primary N) is 1. The predicted octanol–water partition coefficient (Wildman–Crippen LogP) is 3.07. The van der Waals surface area contributed by atoms with Crippen LogP contribution < -0.4 is 5.73 Å². The summed E-state index contributed by atoms with van der Waals surface area (Å²) in [7, 11) is 1.79. The molecule has 1 spiro atoms. The number of methoxy groups -OCH3 is 1. The van der Waals surface area contributed by atoms with Crippen molar-refractivity contribution < 1.29 is 9.47 Å². The largest absolute Gasteiger partial charge is 0.379 e. The summed E-state index contributed by atoms with van der Waals surface area (Å²) in [5.41, 5.74) is 6.79. The maximum atomic E-state index is 6.59. The fraction of sp³-hybridized carbons (Fsp3) is 1.00. The molecule has 20 heavy (non-hydrogen) atoms. The third-order valence-corrected chi connectivity index (χ3v) is 5.92. The average molecular weight is 301 g/mol. The second-order valence-electron chi connectivity index (χ2n) is 7.50. The molecule has 3 nitrogen and oxygen atoms in total. The number of ether oxygens (including phenoxy) is 2. The van der Waals surface area contributed by atoms with E-state index in [1.807, 2.05) is 0 Å². The summed E-state index contributed by atoms with van der Waals surface area (Å²) in [6.45, 7) is 7.51. The highest BCUT2D eigenvalue weighted by Gasteiger charge is 2.43. The number of hydrogen-bond donors (Lipinski definition) is 1. The van der Waals surface area contributed by atoms with Crippen LogP contribution in [0.1, 0.15) is 46.5 Å². The Kier molecular flexibility index (Phi) is 5.44. The van der Waals surface area contributed by atoms with E-state index in [4.69, 9.17) is 15.2 Å². The smallest absolute Gasteiger partial charge is 0.0772 e. The summed E-state index contributed by atoms with van der Waals surface area (Å²) >= 11 is 2.05. The van der Waals surface area contributed by atoms with Gasteiger partial charge in [-0.05, 0) is 48.5 Å². The van der Waals surface area contributed by atoms with Gasteiger partial charge in [-0.1, -0.05) is 20.8 Å². The van der Waals surface area contributed by atoms with Crippen LogP contribution in [-0.2, 0) is 9.47 Å². The van der Waals surface area contributed by atoms with Crippen molar-refractivity contribution in [2.24, 2.45) is 17.1 Å². The van der Waals surface area contributed by atoms with Gasteiger partial charge in [-0.3, -0.25) is 0 Å². The van der Waals surface area contributed by atoms with Crippen molar-refractivity contribution in [3.8, 4) is 0 Å². The zero-order valence-electron chi connectivity index (χ0n) is 13.5. The molecule has 4 heteroatoms. The van der Waals surface area contributed by atoms with Crippen molar-refractivity contribution in [3.05, 3.63) is 0 Å². The number of rotatable bonds is 3. The third kappa shape index (κ3) is 3.70. The molecule has 0 aromatic rings. The van der Waals surface area contributed by atoms with Crippen LogP contribution in [0.15, 0.2) is 0 Å². The van der Waals surface area contributed by atoms with Gasteiger partial charge in [0, 0.05) is 19.8 Å². The lowest BCUT2D eigenvalue weighted by Crippen LogP contribution is -2.54. The first kappa shape index (κ1) is 16.6. The molecule has 0 bridgehead atoms. The standard InChI is InChI=1S/C16H31NO2S/c1-15(2,3)14(18-4)13(17)12-5-8-19-16(11-12)6-9-20-10-7-16/h12-14H,5-11,17H2,1-4H3. The summed E-state index contributed by atoms with van der Waals surface area (Å²) < 4.78 is 11.9. The molecule has 2 heterocycles. The normalized spacial score (nSPS) is 30.1. The fourth-order valence-electron chi connectivity index (χ4n) is 3.82. The van der Waals surface area contributed by atoms with Gasteiger partial charge in [-0.2, -0.15) is 11.8 Å². The van der Waals surface area contributed by atoms with Gasteiger partial charge in [0.25, 0.3) is 0 Å². The van der Waals surface area contributed by atoms with Gasteiger partial charge in [0.2, 0.25) is 0 Å². The van der Waals surface area contributed by atoms with Crippen molar-refractivity contribution in [1.29, 1.82) is 0 Å². The van der Waals surface area contributed by atoms with E-state index in [-0.39, 0.29) is 23.2 Å². The maximum Gasteiger partial charge on any atom is 0.0772 e. The van der Waals surface area contributed by atoms with Crippen molar-refractivity contribution in [3.63, 3.8) is 0 Å². The van der Waals surface area contributed by atoms with Crippen LogP contribution in [0, 0.1) is 11.3 Å². The Morgan fingerprint density at radius 3 is 2.50 bits per heavy atom. The van der Waals surface area contributed by atoms with E-state index in [0.29, 0.717) is 5.92 Å². The molecule has 0 saturated carbocycles. The van der Waals surface area contributed by atoms with Gasteiger partial charge in [0.15, 0.2) is 0 Å². The molecular formula is C16H31NO2S. The Labute approximate surface area is 128 Å². The monoisotopic (exact) mass is 301 g/mol. The molecule has 0 aromatic carbocycles.